The number of benzene rings is 1. The Balaban J connectivity index is 2.54. The van der Waals surface area contributed by atoms with Gasteiger partial charge in [0, 0.05) is 12.6 Å². The van der Waals surface area contributed by atoms with Crippen LogP contribution in [0.3, 0.4) is 0 Å². The lowest BCUT2D eigenvalue weighted by molar-refractivity contribution is 0.868. The normalized spacial score (nSPS) is 10.6. The van der Waals surface area contributed by atoms with E-state index in [0.29, 0.717) is 0 Å². The second kappa shape index (κ2) is 3.42. The highest BCUT2D eigenvalue weighted by Crippen LogP contribution is 2.25. The number of hydrogen-bond donors (Lipinski definition) is 1. The van der Waals surface area contributed by atoms with Crippen LogP contribution in [-0.2, 0) is 7.05 Å². The van der Waals surface area contributed by atoms with Crippen LogP contribution in [0.2, 0.25) is 0 Å². The van der Waals surface area contributed by atoms with Gasteiger partial charge in [0.05, 0.1) is 0 Å². The molecule has 3 heteroatoms. The van der Waals surface area contributed by atoms with E-state index < -0.39 is 0 Å². The summed E-state index contributed by atoms with van der Waals surface area (Å²) >= 11 is 0. The monoisotopic (exact) mass is 201 g/mol. The van der Waals surface area contributed by atoms with Crippen molar-refractivity contribution in [3.8, 4) is 11.3 Å². The van der Waals surface area contributed by atoms with Crippen LogP contribution in [0.15, 0.2) is 24.3 Å². The molecule has 0 saturated carbocycles. The van der Waals surface area contributed by atoms with Crippen molar-refractivity contribution >= 4 is 5.82 Å². The van der Waals surface area contributed by atoms with Gasteiger partial charge in [-0.1, -0.05) is 29.8 Å². The van der Waals surface area contributed by atoms with Crippen molar-refractivity contribution in [2.24, 2.45) is 7.05 Å². The number of aryl methyl sites for hydroxylation is 2. The highest BCUT2D eigenvalue weighted by Gasteiger charge is 2.10. The van der Waals surface area contributed by atoms with E-state index in [-0.39, 0.29) is 0 Å². The van der Waals surface area contributed by atoms with Crippen LogP contribution in [0, 0.1) is 13.8 Å². The zero-order valence-electron chi connectivity index (χ0n) is 9.28. The molecule has 0 saturated heterocycles. The molecule has 1 heterocycles. The van der Waals surface area contributed by atoms with E-state index in [2.05, 4.69) is 24.0 Å². The van der Waals surface area contributed by atoms with E-state index in [1.165, 1.54) is 5.56 Å². The Morgan fingerprint density at radius 2 is 1.73 bits per heavy atom. The third-order valence-electron chi connectivity index (χ3n) is 2.69. The summed E-state index contributed by atoms with van der Waals surface area (Å²) in [7, 11) is 1.93. The average Bonchev–Trinajstić information content (AvgIpc) is 2.47. The maximum Gasteiger partial charge on any atom is 0.131 e. The first-order chi connectivity index (χ1) is 7.09. The molecule has 2 N–H and O–H groups in total. The molecule has 0 atom stereocenters. The fraction of sp³-hybridized carbons (Fsp3) is 0.250. The summed E-state index contributed by atoms with van der Waals surface area (Å²) in [5, 5.41) is 0. The van der Waals surface area contributed by atoms with Gasteiger partial charge in [-0.15, -0.1) is 0 Å². The number of anilines is 1. The number of aromatic nitrogens is 2. The molecule has 0 aliphatic carbocycles. The third kappa shape index (κ3) is 1.61. The Morgan fingerprint density at radius 3 is 2.20 bits per heavy atom. The van der Waals surface area contributed by atoms with Gasteiger partial charge >= 0.3 is 0 Å². The predicted molar refractivity (Wildman–Crippen MR) is 62.5 cm³/mol. The molecule has 0 spiro atoms. The molecule has 0 aliphatic heterocycles. The van der Waals surface area contributed by atoms with Crippen LogP contribution in [0.4, 0.5) is 5.82 Å². The Bertz CT molecular complexity index is 480. The van der Waals surface area contributed by atoms with Gasteiger partial charge in [0.1, 0.15) is 17.3 Å². The first kappa shape index (κ1) is 9.77. The van der Waals surface area contributed by atoms with E-state index in [4.69, 9.17) is 5.73 Å². The van der Waals surface area contributed by atoms with Crippen LogP contribution in [-0.4, -0.2) is 9.55 Å². The minimum atomic E-state index is 0.719. The maximum atomic E-state index is 5.97. The summed E-state index contributed by atoms with van der Waals surface area (Å²) < 4.78 is 1.90. The molecule has 78 valence electrons. The molecule has 3 nitrogen and oxygen atoms in total. The summed E-state index contributed by atoms with van der Waals surface area (Å²) in [6, 6.07) is 8.23. The van der Waals surface area contributed by atoms with E-state index >= 15 is 0 Å². The minimum absolute atomic E-state index is 0.719. The maximum absolute atomic E-state index is 5.97. The van der Waals surface area contributed by atoms with Gasteiger partial charge in [-0.2, -0.15) is 0 Å². The lowest BCUT2D eigenvalue weighted by atomic mass is 10.1. The smallest absolute Gasteiger partial charge is 0.131 e. The molecule has 0 aliphatic rings. The van der Waals surface area contributed by atoms with Gasteiger partial charge in [-0.25, -0.2) is 4.98 Å². The third-order valence-corrected chi connectivity index (χ3v) is 2.69. The van der Waals surface area contributed by atoms with Crippen molar-refractivity contribution in [2.75, 3.05) is 5.73 Å². The van der Waals surface area contributed by atoms with Gasteiger partial charge in [0.15, 0.2) is 0 Å². The molecule has 0 fully saturated rings. The molecule has 1 aromatic heterocycles. The standard InChI is InChI=1S/C12H15N3/c1-8-4-6-10(7-5-8)11-12(13)15(3)9(2)14-11/h4-7H,13H2,1-3H3. The fourth-order valence-corrected chi connectivity index (χ4v) is 1.55. The quantitative estimate of drug-likeness (QED) is 0.769. The summed E-state index contributed by atoms with van der Waals surface area (Å²) in [6.07, 6.45) is 0. The summed E-state index contributed by atoms with van der Waals surface area (Å²) in [6.45, 7) is 4.02. The molecule has 0 bridgehead atoms. The van der Waals surface area contributed by atoms with Gasteiger partial charge < -0.3 is 10.3 Å². The average molecular weight is 201 g/mol. The lowest BCUT2D eigenvalue weighted by Gasteiger charge is -2.00. The zero-order valence-corrected chi connectivity index (χ0v) is 9.28. The minimum Gasteiger partial charge on any atom is -0.383 e. The van der Waals surface area contributed by atoms with Crippen LogP contribution in [0.1, 0.15) is 11.4 Å². The second-order valence-corrected chi connectivity index (χ2v) is 3.82. The van der Waals surface area contributed by atoms with Crippen LogP contribution < -0.4 is 5.73 Å². The van der Waals surface area contributed by atoms with Crippen molar-refractivity contribution in [3.63, 3.8) is 0 Å². The van der Waals surface area contributed by atoms with E-state index in [1.54, 1.807) is 0 Å². The van der Waals surface area contributed by atoms with Crippen LogP contribution in [0.5, 0.6) is 0 Å². The molecular formula is C12H15N3. The van der Waals surface area contributed by atoms with Gasteiger partial charge in [-0.05, 0) is 13.8 Å². The highest BCUT2D eigenvalue weighted by atomic mass is 15.1. The van der Waals surface area contributed by atoms with E-state index in [1.807, 2.05) is 30.7 Å². The Kier molecular flexibility index (Phi) is 2.23. The largest absolute Gasteiger partial charge is 0.383 e. The second-order valence-electron chi connectivity index (χ2n) is 3.82. The van der Waals surface area contributed by atoms with Crippen molar-refractivity contribution in [2.45, 2.75) is 13.8 Å². The molecule has 0 amide bonds. The molecule has 2 aromatic rings. The molecule has 15 heavy (non-hydrogen) atoms. The summed E-state index contributed by atoms with van der Waals surface area (Å²) in [5.74, 6) is 1.65. The number of nitrogens with zero attached hydrogens (tertiary/aromatic N) is 2. The summed E-state index contributed by atoms with van der Waals surface area (Å²) in [5.41, 5.74) is 9.16. The Hall–Kier alpha value is -1.77. The van der Waals surface area contributed by atoms with E-state index in [9.17, 15) is 0 Å². The number of imidazole rings is 1. The first-order valence-electron chi connectivity index (χ1n) is 4.95. The number of rotatable bonds is 1. The Labute approximate surface area is 89.6 Å². The molecule has 0 unspecified atom stereocenters. The van der Waals surface area contributed by atoms with Crippen molar-refractivity contribution in [1.29, 1.82) is 0 Å². The molecule has 0 radical (unpaired) electrons. The molecular weight excluding hydrogens is 186 g/mol. The van der Waals surface area contributed by atoms with Crippen molar-refractivity contribution in [1.82, 2.24) is 9.55 Å². The number of nitrogens with two attached hydrogens (primary N) is 1. The SMILES string of the molecule is Cc1ccc(-c2nc(C)n(C)c2N)cc1. The van der Waals surface area contributed by atoms with E-state index in [0.717, 1.165) is 22.9 Å². The van der Waals surface area contributed by atoms with Crippen molar-refractivity contribution < 1.29 is 0 Å². The molecule has 2 rings (SSSR count). The summed E-state index contributed by atoms with van der Waals surface area (Å²) in [4.78, 5) is 4.45. The van der Waals surface area contributed by atoms with Gasteiger partial charge in [0.25, 0.3) is 0 Å². The lowest BCUT2D eigenvalue weighted by Crippen LogP contribution is -1.98. The van der Waals surface area contributed by atoms with Crippen molar-refractivity contribution in [3.05, 3.63) is 35.7 Å². The number of nitrogen functional groups attached to an aromatic ring is 1. The fourth-order valence-electron chi connectivity index (χ4n) is 1.55. The zero-order chi connectivity index (χ0) is 11.0. The topological polar surface area (TPSA) is 43.8 Å². The highest BCUT2D eigenvalue weighted by molar-refractivity contribution is 5.71. The van der Waals surface area contributed by atoms with Gasteiger partial charge in [-0.3, -0.25) is 0 Å². The number of hydrogen-bond acceptors (Lipinski definition) is 2. The molecule has 1 aromatic carbocycles. The first-order valence-corrected chi connectivity index (χ1v) is 4.95. The van der Waals surface area contributed by atoms with Gasteiger partial charge in [0.2, 0.25) is 0 Å². The Morgan fingerprint density at radius 1 is 1.13 bits per heavy atom. The van der Waals surface area contributed by atoms with Crippen LogP contribution >= 0.6 is 0 Å². The van der Waals surface area contributed by atoms with Crippen LogP contribution in [0.25, 0.3) is 11.3 Å². The predicted octanol–water partition coefficient (Wildman–Crippen LogP) is 2.29.